The van der Waals surface area contributed by atoms with E-state index in [9.17, 15) is 4.79 Å². The molecule has 2 N–H and O–H groups in total. The van der Waals surface area contributed by atoms with E-state index < -0.39 is 0 Å². The number of hydrogen-bond donors (Lipinski definition) is 2. The largest absolute Gasteiger partial charge is 0.354 e. The van der Waals surface area contributed by atoms with Crippen molar-refractivity contribution >= 4 is 29.5 Å². The van der Waals surface area contributed by atoms with Gasteiger partial charge in [-0.15, -0.1) is 11.3 Å². The minimum Gasteiger partial charge on any atom is -0.354 e. The fraction of sp³-hybridized carbons (Fsp3) is 0.316. The first kappa shape index (κ1) is 17.2. The third-order valence-electron chi connectivity index (χ3n) is 4.84. The van der Waals surface area contributed by atoms with Crippen molar-refractivity contribution in [2.75, 3.05) is 6.54 Å². The molecule has 1 aromatic carbocycles. The lowest BCUT2D eigenvalue weighted by molar-refractivity contribution is -0.121. The van der Waals surface area contributed by atoms with Gasteiger partial charge in [0, 0.05) is 12.5 Å². The monoisotopic (exact) mass is 384 g/mol. The maximum Gasteiger partial charge on any atom is 0.240 e. The molecule has 0 fully saturated rings. The number of fused-ring (bicyclic) bond motifs is 1. The van der Waals surface area contributed by atoms with Crippen LogP contribution < -0.4 is 5.32 Å². The lowest BCUT2D eigenvalue weighted by Gasteiger charge is -2.25. The summed E-state index contributed by atoms with van der Waals surface area (Å²) in [6.45, 7) is 0.840. The van der Waals surface area contributed by atoms with Crippen molar-refractivity contribution in [3.05, 3.63) is 57.7 Å². The van der Waals surface area contributed by atoms with Gasteiger partial charge >= 0.3 is 0 Å². The normalized spacial score (nSPS) is 16.2. The van der Waals surface area contributed by atoms with Gasteiger partial charge in [0.25, 0.3) is 0 Å². The number of benzene rings is 1. The Morgan fingerprint density at radius 3 is 3.08 bits per heavy atom. The van der Waals surface area contributed by atoms with Gasteiger partial charge in [0.05, 0.1) is 4.88 Å². The molecule has 26 heavy (non-hydrogen) atoms. The van der Waals surface area contributed by atoms with Crippen LogP contribution in [0.15, 0.2) is 41.8 Å². The fourth-order valence-corrected chi connectivity index (χ4v) is 4.48. The second kappa shape index (κ2) is 7.55. The first-order valence-corrected chi connectivity index (χ1v) is 10.0. The molecule has 0 aliphatic heterocycles. The van der Waals surface area contributed by atoms with E-state index in [1.165, 1.54) is 17.5 Å². The Balaban J connectivity index is 1.43. The van der Waals surface area contributed by atoms with Gasteiger partial charge in [-0.25, -0.2) is 0 Å². The smallest absolute Gasteiger partial charge is 0.240 e. The summed E-state index contributed by atoms with van der Waals surface area (Å²) < 4.78 is 2.22. The SMILES string of the molecule is O=C(Cn1c(-c2cccs2)n[nH]c1=S)NCC1CCCc2ccccc21. The van der Waals surface area contributed by atoms with Gasteiger partial charge < -0.3 is 5.32 Å². The standard InChI is InChI=1S/C19H20N4OS2/c24-17(12-23-18(21-22-19(23)25)16-9-4-10-26-16)20-11-14-7-3-6-13-5-1-2-8-15(13)14/h1-2,4-5,8-10,14H,3,6-7,11-12H2,(H,20,24)(H,22,25). The van der Waals surface area contributed by atoms with Crippen LogP contribution in [0.5, 0.6) is 0 Å². The molecule has 4 rings (SSSR count). The third kappa shape index (κ3) is 3.50. The van der Waals surface area contributed by atoms with E-state index in [0.29, 0.717) is 23.1 Å². The van der Waals surface area contributed by atoms with Crippen LogP contribution >= 0.6 is 23.6 Å². The van der Waals surface area contributed by atoms with E-state index in [4.69, 9.17) is 12.2 Å². The van der Waals surface area contributed by atoms with E-state index in [2.05, 4.69) is 39.8 Å². The lowest BCUT2D eigenvalue weighted by atomic mass is 9.83. The lowest BCUT2D eigenvalue weighted by Crippen LogP contribution is -2.32. The van der Waals surface area contributed by atoms with Gasteiger partial charge in [0.1, 0.15) is 6.54 Å². The average molecular weight is 385 g/mol. The molecule has 2 heterocycles. The molecule has 5 nitrogen and oxygen atoms in total. The van der Waals surface area contributed by atoms with Crippen molar-refractivity contribution < 1.29 is 4.79 Å². The molecular formula is C19H20N4OS2. The maximum absolute atomic E-state index is 12.5. The molecule has 134 valence electrons. The Morgan fingerprint density at radius 1 is 1.35 bits per heavy atom. The van der Waals surface area contributed by atoms with E-state index in [1.807, 2.05) is 17.5 Å². The molecule has 1 amide bonds. The maximum atomic E-state index is 12.5. The molecule has 0 saturated carbocycles. The van der Waals surface area contributed by atoms with Gasteiger partial charge in [-0.3, -0.25) is 14.5 Å². The fourth-order valence-electron chi connectivity index (χ4n) is 3.56. The number of aryl methyl sites for hydroxylation is 1. The van der Waals surface area contributed by atoms with Crippen LogP contribution in [0.25, 0.3) is 10.7 Å². The van der Waals surface area contributed by atoms with Crippen LogP contribution in [-0.2, 0) is 17.8 Å². The van der Waals surface area contributed by atoms with Gasteiger partial charge in [-0.05, 0) is 54.1 Å². The number of carbonyl (C=O) groups excluding carboxylic acids is 1. The number of aromatic nitrogens is 3. The highest BCUT2D eigenvalue weighted by atomic mass is 32.1. The van der Waals surface area contributed by atoms with Crippen molar-refractivity contribution in [2.24, 2.45) is 0 Å². The summed E-state index contributed by atoms with van der Waals surface area (Å²) in [7, 11) is 0. The van der Waals surface area contributed by atoms with E-state index >= 15 is 0 Å². The van der Waals surface area contributed by atoms with Gasteiger partial charge in [0.2, 0.25) is 5.91 Å². The summed E-state index contributed by atoms with van der Waals surface area (Å²) in [5, 5.41) is 12.1. The topological polar surface area (TPSA) is 62.7 Å². The number of nitrogens with zero attached hydrogens (tertiary/aromatic N) is 2. The van der Waals surface area contributed by atoms with Crippen molar-refractivity contribution in [3.63, 3.8) is 0 Å². The summed E-state index contributed by atoms with van der Waals surface area (Å²) >= 11 is 6.87. The molecule has 0 saturated heterocycles. The minimum absolute atomic E-state index is 0.0386. The molecule has 1 aliphatic rings. The van der Waals surface area contributed by atoms with Crippen LogP contribution in [0, 0.1) is 4.77 Å². The molecule has 0 bridgehead atoms. The first-order valence-electron chi connectivity index (χ1n) is 8.76. The van der Waals surface area contributed by atoms with Crippen LogP contribution in [-0.4, -0.2) is 27.2 Å². The summed E-state index contributed by atoms with van der Waals surface area (Å²) in [6.07, 6.45) is 3.42. The Bertz CT molecular complexity index is 958. The Kier molecular flexibility index (Phi) is 4.99. The van der Waals surface area contributed by atoms with Crippen molar-refractivity contribution in [2.45, 2.75) is 31.7 Å². The van der Waals surface area contributed by atoms with Crippen molar-refractivity contribution in [1.82, 2.24) is 20.1 Å². The number of rotatable bonds is 5. The van der Waals surface area contributed by atoms with Gasteiger partial charge in [0.15, 0.2) is 10.6 Å². The van der Waals surface area contributed by atoms with Crippen LogP contribution in [0.3, 0.4) is 0 Å². The summed E-state index contributed by atoms with van der Waals surface area (Å²) in [4.78, 5) is 13.5. The van der Waals surface area contributed by atoms with Gasteiger partial charge in [-0.2, -0.15) is 5.10 Å². The zero-order valence-electron chi connectivity index (χ0n) is 14.3. The van der Waals surface area contributed by atoms with Crippen molar-refractivity contribution in [1.29, 1.82) is 0 Å². The number of carbonyl (C=O) groups is 1. The number of H-pyrrole nitrogens is 1. The molecule has 3 aromatic rings. The zero-order chi connectivity index (χ0) is 17.9. The minimum atomic E-state index is -0.0386. The average Bonchev–Trinajstić information content (AvgIpc) is 3.30. The predicted molar refractivity (Wildman–Crippen MR) is 106 cm³/mol. The quantitative estimate of drug-likeness (QED) is 0.656. The number of amides is 1. The van der Waals surface area contributed by atoms with E-state index in [0.717, 1.165) is 17.7 Å². The first-order chi connectivity index (χ1) is 12.7. The van der Waals surface area contributed by atoms with Crippen LogP contribution in [0.1, 0.15) is 29.9 Å². The second-order valence-corrected chi connectivity index (χ2v) is 7.84. The highest BCUT2D eigenvalue weighted by Gasteiger charge is 2.20. The molecule has 7 heteroatoms. The molecule has 0 spiro atoms. The second-order valence-electron chi connectivity index (χ2n) is 6.51. The summed E-state index contributed by atoms with van der Waals surface area (Å²) in [5.74, 6) is 1.06. The Labute approximate surface area is 161 Å². The molecule has 1 aliphatic carbocycles. The molecule has 1 atom stereocenters. The number of hydrogen-bond acceptors (Lipinski definition) is 4. The number of thiophene rings is 1. The van der Waals surface area contributed by atoms with E-state index in [1.54, 1.807) is 15.9 Å². The van der Waals surface area contributed by atoms with E-state index in [-0.39, 0.29) is 12.5 Å². The molecule has 2 aromatic heterocycles. The highest BCUT2D eigenvalue weighted by Crippen LogP contribution is 2.30. The van der Waals surface area contributed by atoms with Gasteiger partial charge in [-0.1, -0.05) is 30.3 Å². The van der Waals surface area contributed by atoms with Crippen LogP contribution in [0.4, 0.5) is 0 Å². The highest BCUT2D eigenvalue weighted by molar-refractivity contribution is 7.71. The number of nitrogens with one attached hydrogen (secondary N) is 2. The Morgan fingerprint density at radius 2 is 2.23 bits per heavy atom. The summed E-state index contributed by atoms with van der Waals surface area (Å²) in [5.41, 5.74) is 2.79. The van der Waals surface area contributed by atoms with Crippen LogP contribution in [0.2, 0.25) is 0 Å². The molecule has 1 unspecified atom stereocenters. The Hall–Kier alpha value is -2.25. The number of aromatic amines is 1. The van der Waals surface area contributed by atoms with Crippen molar-refractivity contribution in [3.8, 4) is 10.7 Å². The zero-order valence-corrected chi connectivity index (χ0v) is 15.9. The predicted octanol–water partition coefficient (Wildman–Crippen LogP) is 3.91. The summed E-state index contributed by atoms with van der Waals surface area (Å²) in [6, 6.07) is 12.5. The molecule has 0 radical (unpaired) electrons. The third-order valence-corrected chi connectivity index (χ3v) is 6.02. The molecular weight excluding hydrogens is 364 g/mol.